The van der Waals surface area contributed by atoms with Crippen LogP contribution in [0.1, 0.15) is 54.8 Å². The van der Waals surface area contributed by atoms with Crippen LogP contribution >= 0.6 is 24.8 Å². The molecule has 0 N–H and O–H groups in total. The first-order valence-electron chi connectivity index (χ1n) is 18.0. The summed E-state index contributed by atoms with van der Waals surface area (Å²) in [6.45, 7) is 7.31. The summed E-state index contributed by atoms with van der Waals surface area (Å²) < 4.78 is 6.59. The van der Waals surface area contributed by atoms with E-state index in [0.29, 0.717) is 13.2 Å². The maximum Gasteiger partial charge on any atom is -0.147 e. The number of hydrogen-bond acceptors (Lipinski definition) is 0. The van der Waals surface area contributed by atoms with Crippen molar-refractivity contribution in [3.63, 3.8) is 0 Å². The molecule has 2 unspecified atom stereocenters. The van der Waals surface area contributed by atoms with Crippen molar-refractivity contribution in [3.8, 4) is 22.3 Å². The molecule has 0 aliphatic heterocycles. The topological polar surface area (TPSA) is 0 Å². The Morgan fingerprint density at radius 2 is 1.08 bits per heavy atom. The Labute approximate surface area is 318 Å². The zero-order chi connectivity index (χ0) is 33.5. The van der Waals surface area contributed by atoms with Gasteiger partial charge in [-0.25, -0.2) is 0 Å². The van der Waals surface area contributed by atoms with Crippen LogP contribution in [0.3, 0.4) is 0 Å². The van der Waals surface area contributed by atoms with Crippen molar-refractivity contribution in [2.45, 2.75) is 43.2 Å². The van der Waals surface area contributed by atoms with Gasteiger partial charge in [-0.15, -0.1) is 24.8 Å². The van der Waals surface area contributed by atoms with Crippen molar-refractivity contribution < 1.29 is 17.4 Å². The summed E-state index contributed by atoms with van der Waals surface area (Å²) in [5.74, 6) is 0.587. The fraction of sp³-hybridized carbons (Fsp3) is 0.191. The molecule has 0 aromatic heterocycles. The smallest absolute Gasteiger partial charge is 0.147 e. The number of aryl methyl sites for hydroxylation is 1. The summed E-state index contributed by atoms with van der Waals surface area (Å²) in [5, 5.41) is 5.30. The molecule has 6 aromatic carbocycles. The van der Waals surface area contributed by atoms with Gasteiger partial charge in [-0.2, -0.15) is 0 Å². The van der Waals surface area contributed by atoms with Gasteiger partial charge in [-0.1, -0.05) is 0 Å². The zero-order valence-electron chi connectivity index (χ0n) is 29.9. The minimum Gasteiger partial charge on any atom is -0.147 e. The van der Waals surface area contributed by atoms with Gasteiger partial charge in [-0.05, 0) is 0 Å². The van der Waals surface area contributed by atoms with E-state index in [4.69, 9.17) is 0 Å². The number of hydrogen-bond donors (Lipinski definition) is 0. The van der Waals surface area contributed by atoms with E-state index in [-0.39, 0.29) is 24.8 Å². The van der Waals surface area contributed by atoms with Crippen LogP contribution in [0, 0.1) is 12.8 Å². The van der Waals surface area contributed by atoms with Crippen LogP contribution in [-0.4, -0.2) is 6.88 Å². The Kier molecular flexibility index (Phi) is 9.42. The molecule has 0 saturated carbocycles. The third-order valence-corrected chi connectivity index (χ3v) is 29.8. The number of halogens is 2. The molecule has 0 heterocycles. The Hall–Kier alpha value is -3.26. The van der Waals surface area contributed by atoms with E-state index in [9.17, 15) is 0 Å². The Bertz CT molecular complexity index is 2510. The van der Waals surface area contributed by atoms with Crippen LogP contribution in [0.5, 0.6) is 0 Å². The average molecular weight is 801 g/mol. The van der Waals surface area contributed by atoms with E-state index in [2.05, 4.69) is 170 Å². The van der Waals surface area contributed by atoms with Crippen LogP contribution in [0.25, 0.3) is 56.0 Å². The first-order valence-corrected chi connectivity index (χ1v) is 31.7. The van der Waals surface area contributed by atoms with Crippen molar-refractivity contribution in [3.05, 3.63) is 166 Å². The van der Waals surface area contributed by atoms with E-state index in [1.807, 2.05) is 0 Å². The quantitative estimate of drug-likeness (QED) is 0.120. The number of rotatable bonds is 5. The normalized spacial score (nSPS) is 18.2. The van der Waals surface area contributed by atoms with Gasteiger partial charge in [0.2, 0.25) is 0 Å². The molecule has 2 atom stereocenters. The second-order valence-corrected chi connectivity index (χ2v) is 46.6. The first-order chi connectivity index (χ1) is 23.7. The van der Waals surface area contributed by atoms with E-state index in [1.54, 1.807) is 22.3 Å². The monoisotopic (exact) mass is 798 g/mol. The molecule has 0 fully saturated rings. The summed E-state index contributed by atoms with van der Waals surface area (Å²) >= 11 is -3.82. The van der Waals surface area contributed by atoms with Crippen LogP contribution in [0.15, 0.2) is 139 Å². The third kappa shape index (κ3) is 5.64. The standard InChI is InChI=1S/C24H19.C21H17.2CH3.2ClH.H2Si.Zr/c1-2-8-17(7-1)20-15-19-11-6-14-23(24(19)16-20)22-13-5-10-18-9-3-4-12-21(18)22;1-14-12-20-15(2)10-11-19(21(20)13-14)18-9-5-7-16-6-3-4-8-17(16)18;;;;;;/h1-6,9-17H,7-8H2;3-13H,1-2H3;2*1H3;2*1H;1H2;. The molecular weight excluding hydrogens is 755 g/mol. The molecule has 0 spiro atoms. The molecule has 51 heavy (non-hydrogen) atoms. The van der Waals surface area contributed by atoms with Gasteiger partial charge in [0.05, 0.1) is 0 Å². The van der Waals surface area contributed by atoms with Crippen molar-refractivity contribution >= 4 is 65.4 Å². The minimum atomic E-state index is -3.82. The second-order valence-electron chi connectivity index (χ2n) is 16.1. The van der Waals surface area contributed by atoms with Gasteiger partial charge in [0.1, 0.15) is 0 Å². The maximum atomic E-state index is 2.81. The van der Waals surface area contributed by atoms with E-state index < -0.39 is 17.4 Å². The summed E-state index contributed by atoms with van der Waals surface area (Å²) in [6, 6.07) is 43.5. The van der Waals surface area contributed by atoms with Gasteiger partial charge in [0.25, 0.3) is 0 Å². The number of allylic oxidation sites excluding steroid dienone is 4. The van der Waals surface area contributed by atoms with Gasteiger partial charge in [0.15, 0.2) is 0 Å². The van der Waals surface area contributed by atoms with Crippen LogP contribution in [0.4, 0.5) is 0 Å². The van der Waals surface area contributed by atoms with Crippen LogP contribution < -0.4 is 0 Å². The first kappa shape index (κ1) is 36.1. The predicted molar refractivity (Wildman–Crippen MR) is 227 cm³/mol. The summed E-state index contributed by atoms with van der Waals surface area (Å²) in [4.78, 5) is 0. The fourth-order valence-corrected chi connectivity index (χ4v) is 30.7. The largest absolute Gasteiger partial charge is 0.147 e. The molecule has 6 aromatic rings. The van der Waals surface area contributed by atoms with Crippen molar-refractivity contribution in [2.75, 3.05) is 0 Å². The van der Waals surface area contributed by atoms with Crippen molar-refractivity contribution in [1.29, 1.82) is 0 Å². The van der Waals surface area contributed by atoms with Crippen LogP contribution in [0.2, 0.25) is 9.26 Å². The molecule has 3 aliphatic rings. The van der Waals surface area contributed by atoms with E-state index >= 15 is 0 Å². The average Bonchev–Trinajstić information content (AvgIpc) is 3.86. The second kappa shape index (κ2) is 13.3. The molecule has 256 valence electrons. The Balaban J connectivity index is 0.00000203. The molecule has 0 bridgehead atoms. The van der Waals surface area contributed by atoms with Crippen LogP contribution in [-0.2, 0) is 17.4 Å². The molecule has 0 saturated heterocycles. The molecule has 0 nitrogen and oxygen atoms in total. The van der Waals surface area contributed by atoms with E-state index in [0.717, 1.165) is 12.8 Å². The zero-order valence-corrected chi connectivity index (χ0v) is 35.5. The fourth-order valence-electron chi connectivity index (χ4n) is 10.3. The molecule has 9 rings (SSSR count). The van der Waals surface area contributed by atoms with Gasteiger partial charge >= 0.3 is 296 Å². The maximum absolute atomic E-state index is 3.82. The molecule has 4 heteroatoms. The predicted octanol–water partition coefficient (Wildman–Crippen LogP) is 13.4. The number of benzene rings is 6. The molecular formula is C47H46Cl2SiZr. The Morgan fingerprint density at radius 1 is 0.549 bits per heavy atom. The SMILES string of the molecule is CC1=Cc2c(-c3cccc4ccccc34)ccc(C)c2[CH]1[Zr]([CH3])([CH3])(=[SiH2])[CH]1C(C2CC=CC2)=Cc2c(-c3cccc4ccccc34)cccc21.Cl.Cl. The minimum absolute atomic E-state index is 0. The summed E-state index contributed by atoms with van der Waals surface area (Å²) in [5.41, 5.74) is 16.3. The van der Waals surface area contributed by atoms with E-state index in [1.165, 1.54) is 60.5 Å². The number of fused-ring (bicyclic) bond motifs is 4. The molecule has 3 aliphatic carbocycles. The third-order valence-electron chi connectivity index (χ3n) is 12.3. The summed E-state index contributed by atoms with van der Waals surface area (Å²) in [7, 11) is 0. The summed E-state index contributed by atoms with van der Waals surface area (Å²) in [6.07, 6.45) is 12.4. The van der Waals surface area contributed by atoms with Crippen molar-refractivity contribution in [1.82, 2.24) is 0 Å². The van der Waals surface area contributed by atoms with Gasteiger partial charge in [0, 0.05) is 0 Å². The van der Waals surface area contributed by atoms with Crippen molar-refractivity contribution in [2.24, 2.45) is 5.92 Å². The molecule has 0 radical (unpaired) electrons. The van der Waals surface area contributed by atoms with Gasteiger partial charge < -0.3 is 0 Å². The van der Waals surface area contributed by atoms with Gasteiger partial charge in [-0.3, -0.25) is 0 Å². The Morgan fingerprint density at radius 3 is 1.71 bits per heavy atom. The molecule has 0 amide bonds.